The highest BCUT2D eigenvalue weighted by atomic mass is 19.1. The number of pyridine rings is 1. The SMILES string of the molecule is O=C(NCCNC(=O)c1cc(-c2ccc(F)cc2)nc2ccccc12)c1ccccc1. The Morgan fingerprint density at radius 3 is 2.16 bits per heavy atom. The van der Waals surface area contributed by atoms with E-state index < -0.39 is 0 Å². The summed E-state index contributed by atoms with van der Waals surface area (Å²) in [6.45, 7) is 0.577. The molecule has 2 amide bonds. The van der Waals surface area contributed by atoms with E-state index in [0.29, 0.717) is 28.9 Å². The number of amides is 2. The molecule has 0 aliphatic rings. The highest BCUT2D eigenvalue weighted by Crippen LogP contribution is 2.25. The second kappa shape index (κ2) is 9.17. The highest BCUT2D eigenvalue weighted by Gasteiger charge is 2.14. The smallest absolute Gasteiger partial charge is 0.252 e. The molecule has 154 valence electrons. The topological polar surface area (TPSA) is 71.1 Å². The van der Waals surface area contributed by atoms with Gasteiger partial charge < -0.3 is 10.6 Å². The Bertz CT molecular complexity index is 1220. The number of para-hydroxylation sites is 1. The van der Waals surface area contributed by atoms with Crippen LogP contribution in [-0.2, 0) is 0 Å². The maximum atomic E-state index is 13.3. The van der Waals surface area contributed by atoms with Crippen molar-refractivity contribution in [2.24, 2.45) is 0 Å². The Labute approximate surface area is 178 Å². The Hall–Kier alpha value is -4.06. The number of carbonyl (C=O) groups excluding carboxylic acids is 2. The van der Waals surface area contributed by atoms with Gasteiger partial charge in [0.25, 0.3) is 11.8 Å². The predicted octanol–water partition coefficient (Wildman–Crippen LogP) is 4.20. The molecular formula is C25H20FN3O2. The molecule has 0 saturated carbocycles. The first-order chi connectivity index (χ1) is 15.1. The van der Waals surface area contributed by atoms with Gasteiger partial charge in [-0.05, 0) is 48.5 Å². The standard InChI is InChI=1S/C25H20FN3O2/c26-19-12-10-17(11-13-19)23-16-21(20-8-4-5-9-22(20)29-23)25(31)28-15-14-27-24(30)18-6-2-1-3-7-18/h1-13,16H,14-15H2,(H,27,30)(H,28,31). The van der Waals surface area contributed by atoms with Gasteiger partial charge in [0.2, 0.25) is 0 Å². The van der Waals surface area contributed by atoms with E-state index in [1.807, 2.05) is 30.3 Å². The molecule has 0 radical (unpaired) electrons. The molecule has 1 heterocycles. The number of fused-ring (bicyclic) bond motifs is 1. The van der Waals surface area contributed by atoms with Gasteiger partial charge >= 0.3 is 0 Å². The number of hydrogen-bond donors (Lipinski definition) is 2. The van der Waals surface area contributed by atoms with Crippen LogP contribution in [0.15, 0.2) is 84.9 Å². The molecule has 0 spiro atoms. The maximum Gasteiger partial charge on any atom is 0.252 e. The van der Waals surface area contributed by atoms with E-state index in [0.717, 1.165) is 10.9 Å². The number of rotatable bonds is 6. The lowest BCUT2D eigenvalue weighted by Gasteiger charge is -2.11. The van der Waals surface area contributed by atoms with Crippen LogP contribution in [0.4, 0.5) is 4.39 Å². The zero-order chi connectivity index (χ0) is 21.6. The van der Waals surface area contributed by atoms with Crippen molar-refractivity contribution in [1.29, 1.82) is 0 Å². The van der Waals surface area contributed by atoms with Crippen LogP contribution >= 0.6 is 0 Å². The number of benzene rings is 3. The molecule has 2 N–H and O–H groups in total. The van der Waals surface area contributed by atoms with Gasteiger partial charge in [-0.15, -0.1) is 0 Å². The van der Waals surface area contributed by atoms with Crippen LogP contribution in [0.25, 0.3) is 22.2 Å². The first kappa shape index (κ1) is 20.2. The van der Waals surface area contributed by atoms with Crippen LogP contribution in [0.2, 0.25) is 0 Å². The molecule has 31 heavy (non-hydrogen) atoms. The predicted molar refractivity (Wildman–Crippen MR) is 118 cm³/mol. The number of carbonyl (C=O) groups is 2. The average molecular weight is 413 g/mol. The Morgan fingerprint density at radius 1 is 0.774 bits per heavy atom. The van der Waals surface area contributed by atoms with E-state index in [4.69, 9.17) is 0 Å². The van der Waals surface area contributed by atoms with Gasteiger partial charge in [-0.3, -0.25) is 9.59 Å². The number of hydrogen-bond acceptors (Lipinski definition) is 3. The summed E-state index contributed by atoms with van der Waals surface area (Å²) in [5, 5.41) is 6.35. The summed E-state index contributed by atoms with van der Waals surface area (Å²) < 4.78 is 13.3. The third kappa shape index (κ3) is 4.75. The molecule has 4 rings (SSSR count). The molecule has 0 aliphatic heterocycles. The summed E-state index contributed by atoms with van der Waals surface area (Å²) in [5.41, 5.74) is 3.02. The summed E-state index contributed by atoms with van der Waals surface area (Å²) in [4.78, 5) is 29.6. The van der Waals surface area contributed by atoms with Crippen molar-refractivity contribution < 1.29 is 14.0 Å². The number of nitrogens with one attached hydrogen (secondary N) is 2. The molecule has 5 nitrogen and oxygen atoms in total. The fraction of sp³-hybridized carbons (Fsp3) is 0.0800. The van der Waals surface area contributed by atoms with E-state index in [1.54, 1.807) is 42.5 Å². The van der Waals surface area contributed by atoms with Gasteiger partial charge in [0, 0.05) is 29.6 Å². The van der Waals surface area contributed by atoms with Crippen molar-refractivity contribution in [2.75, 3.05) is 13.1 Å². The molecule has 4 aromatic rings. The second-order valence-corrected chi connectivity index (χ2v) is 6.96. The van der Waals surface area contributed by atoms with Crippen LogP contribution in [-0.4, -0.2) is 29.9 Å². The van der Waals surface area contributed by atoms with Gasteiger partial charge in [-0.1, -0.05) is 36.4 Å². The third-order valence-electron chi connectivity index (χ3n) is 4.83. The second-order valence-electron chi connectivity index (χ2n) is 6.96. The van der Waals surface area contributed by atoms with Gasteiger partial charge in [0.05, 0.1) is 16.8 Å². The van der Waals surface area contributed by atoms with Crippen LogP contribution in [0, 0.1) is 5.82 Å². The molecule has 3 aromatic carbocycles. The maximum absolute atomic E-state index is 13.3. The summed E-state index contributed by atoms with van der Waals surface area (Å²) >= 11 is 0. The molecule has 0 saturated heterocycles. The monoisotopic (exact) mass is 413 g/mol. The Morgan fingerprint density at radius 2 is 1.42 bits per heavy atom. The largest absolute Gasteiger partial charge is 0.350 e. The van der Waals surface area contributed by atoms with Crippen LogP contribution in [0.3, 0.4) is 0 Å². The fourth-order valence-corrected chi connectivity index (χ4v) is 3.27. The van der Waals surface area contributed by atoms with Crippen molar-refractivity contribution in [3.8, 4) is 11.3 Å². The van der Waals surface area contributed by atoms with E-state index in [2.05, 4.69) is 15.6 Å². The zero-order valence-electron chi connectivity index (χ0n) is 16.6. The first-order valence-electron chi connectivity index (χ1n) is 9.89. The van der Waals surface area contributed by atoms with E-state index >= 15 is 0 Å². The normalized spacial score (nSPS) is 10.6. The third-order valence-corrected chi connectivity index (χ3v) is 4.83. The molecular weight excluding hydrogens is 393 g/mol. The fourth-order valence-electron chi connectivity index (χ4n) is 3.27. The quantitative estimate of drug-likeness (QED) is 0.466. The van der Waals surface area contributed by atoms with Crippen molar-refractivity contribution in [3.05, 3.63) is 102 Å². The van der Waals surface area contributed by atoms with Crippen molar-refractivity contribution in [3.63, 3.8) is 0 Å². The van der Waals surface area contributed by atoms with Crippen molar-refractivity contribution in [2.45, 2.75) is 0 Å². The molecule has 1 aromatic heterocycles. The molecule has 0 aliphatic carbocycles. The lowest BCUT2D eigenvalue weighted by atomic mass is 10.0. The molecule has 0 atom stereocenters. The Balaban J connectivity index is 1.49. The highest BCUT2D eigenvalue weighted by molar-refractivity contribution is 6.07. The first-order valence-corrected chi connectivity index (χ1v) is 9.89. The number of halogens is 1. The van der Waals surface area contributed by atoms with Gasteiger partial charge in [-0.25, -0.2) is 9.37 Å². The lowest BCUT2D eigenvalue weighted by Crippen LogP contribution is -2.34. The van der Waals surface area contributed by atoms with Crippen LogP contribution in [0.5, 0.6) is 0 Å². The molecule has 0 fully saturated rings. The summed E-state index contributed by atoms with van der Waals surface area (Å²) in [5.74, 6) is -0.793. The van der Waals surface area contributed by atoms with Crippen LogP contribution in [0.1, 0.15) is 20.7 Å². The summed E-state index contributed by atoms with van der Waals surface area (Å²) in [6.07, 6.45) is 0. The minimum atomic E-state index is -0.333. The molecule has 6 heteroatoms. The average Bonchev–Trinajstić information content (AvgIpc) is 2.82. The van der Waals surface area contributed by atoms with Gasteiger partial charge in [-0.2, -0.15) is 0 Å². The van der Waals surface area contributed by atoms with Gasteiger partial charge in [0.1, 0.15) is 5.82 Å². The van der Waals surface area contributed by atoms with E-state index in [-0.39, 0.29) is 24.2 Å². The van der Waals surface area contributed by atoms with Crippen LogP contribution < -0.4 is 10.6 Å². The minimum absolute atomic E-state index is 0.192. The molecule has 0 bridgehead atoms. The van der Waals surface area contributed by atoms with Crippen molar-refractivity contribution in [1.82, 2.24) is 15.6 Å². The number of nitrogens with zero attached hydrogens (tertiary/aromatic N) is 1. The zero-order valence-corrected chi connectivity index (χ0v) is 16.6. The van der Waals surface area contributed by atoms with Gasteiger partial charge in [0.15, 0.2) is 0 Å². The summed E-state index contributed by atoms with van der Waals surface area (Å²) in [7, 11) is 0. The number of aromatic nitrogens is 1. The van der Waals surface area contributed by atoms with E-state index in [9.17, 15) is 14.0 Å². The minimum Gasteiger partial charge on any atom is -0.350 e. The van der Waals surface area contributed by atoms with E-state index in [1.165, 1.54) is 12.1 Å². The Kier molecular flexibility index (Phi) is 5.98. The van der Waals surface area contributed by atoms with Crippen molar-refractivity contribution >= 4 is 22.7 Å². The lowest BCUT2D eigenvalue weighted by molar-refractivity contribution is 0.0928. The summed E-state index contributed by atoms with van der Waals surface area (Å²) in [6, 6.07) is 24.0. The molecule has 0 unspecified atom stereocenters.